The highest BCUT2D eigenvalue weighted by Gasteiger charge is 2.19. The van der Waals surface area contributed by atoms with Crippen LogP contribution in [0.3, 0.4) is 0 Å². The molecular weight excluding hydrogens is 225 g/mol. The third-order valence-electron chi connectivity index (χ3n) is 4.06. The molecule has 0 spiro atoms. The Kier molecular flexibility index (Phi) is 4.39. The van der Waals surface area contributed by atoms with Gasteiger partial charge in [-0.1, -0.05) is 31.4 Å². The van der Waals surface area contributed by atoms with E-state index in [1.807, 2.05) is 26.0 Å². The van der Waals surface area contributed by atoms with Gasteiger partial charge < -0.3 is 5.32 Å². The van der Waals surface area contributed by atoms with Crippen molar-refractivity contribution in [1.82, 2.24) is 5.32 Å². The maximum Gasteiger partial charge on any atom is 0.129 e. The van der Waals surface area contributed by atoms with E-state index in [4.69, 9.17) is 0 Å². The first kappa shape index (κ1) is 13.5. The quantitative estimate of drug-likeness (QED) is 0.828. The van der Waals surface area contributed by atoms with E-state index in [0.29, 0.717) is 6.04 Å². The minimum Gasteiger partial charge on any atom is -0.310 e. The van der Waals surface area contributed by atoms with Crippen molar-refractivity contribution in [2.24, 2.45) is 5.92 Å². The Balaban J connectivity index is 1.85. The lowest BCUT2D eigenvalue weighted by Gasteiger charge is -2.28. The highest BCUT2D eigenvalue weighted by Crippen LogP contribution is 2.30. The van der Waals surface area contributed by atoms with E-state index >= 15 is 0 Å². The molecule has 0 heterocycles. The summed E-state index contributed by atoms with van der Waals surface area (Å²) in [6.45, 7) is 6.77. The highest BCUT2D eigenvalue weighted by atomic mass is 19.1. The summed E-state index contributed by atoms with van der Waals surface area (Å²) < 4.78 is 13.5. The van der Waals surface area contributed by atoms with Gasteiger partial charge in [0.15, 0.2) is 0 Å². The summed E-state index contributed by atoms with van der Waals surface area (Å²) in [5, 5.41) is 3.55. The maximum absolute atomic E-state index is 13.5. The molecule has 0 amide bonds. The van der Waals surface area contributed by atoms with Gasteiger partial charge in [0.05, 0.1) is 0 Å². The highest BCUT2D eigenvalue weighted by molar-refractivity contribution is 5.30. The minimum atomic E-state index is -0.0683. The molecule has 1 unspecified atom stereocenters. The normalized spacial score (nSPS) is 17.6. The van der Waals surface area contributed by atoms with E-state index in [-0.39, 0.29) is 5.82 Å². The molecule has 100 valence electrons. The standard InChI is InChI=1S/C16H24FN/c1-11-7-15(8-12(2)16(11)17)10-18-13(3)9-14-5-4-6-14/h7-8,13-14,18H,4-6,9-10H2,1-3H3. The third-order valence-corrected chi connectivity index (χ3v) is 4.06. The van der Waals surface area contributed by atoms with Crippen molar-refractivity contribution in [2.45, 2.75) is 59.0 Å². The van der Waals surface area contributed by atoms with E-state index in [2.05, 4.69) is 12.2 Å². The SMILES string of the molecule is Cc1cc(CNC(C)CC2CCC2)cc(C)c1F. The van der Waals surface area contributed by atoms with Crippen LogP contribution in [-0.4, -0.2) is 6.04 Å². The van der Waals surface area contributed by atoms with Gasteiger partial charge in [-0.3, -0.25) is 0 Å². The fourth-order valence-electron chi connectivity index (χ4n) is 2.74. The van der Waals surface area contributed by atoms with Crippen LogP contribution >= 0.6 is 0 Å². The first-order valence-corrected chi connectivity index (χ1v) is 7.05. The number of benzene rings is 1. The van der Waals surface area contributed by atoms with Crippen LogP contribution in [0.2, 0.25) is 0 Å². The molecule has 1 aromatic rings. The van der Waals surface area contributed by atoms with Gasteiger partial charge in [-0.05, 0) is 49.8 Å². The zero-order chi connectivity index (χ0) is 13.1. The number of aryl methyl sites for hydroxylation is 2. The zero-order valence-electron chi connectivity index (χ0n) is 11.7. The van der Waals surface area contributed by atoms with Gasteiger partial charge in [0.1, 0.15) is 5.82 Å². The van der Waals surface area contributed by atoms with Crippen LogP contribution in [0.25, 0.3) is 0 Å². The predicted molar refractivity (Wildman–Crippen MR) is 74.1 cm³/mol. The Morgan fingerprint density at radius 3 is 2.39 bits per heavy atom. The van der Waals surface area contributed by atoms with E-state index < -0.39 is 0 Å². The van der Waals surface area contributed by atoms with Gasteiger partial charge >= 0.3 is 0 Å². The van der Waals surface area contributed by atoms with Gasteiger partial charge in [-0.2, -0.15) is 0 Å². The average molecular weight is 249 g/mol. The Labute approximate surface area is 110 Å². The van der Waals surface area contributed by atoms with Crippen LogP contribution in [0.4, 0.5) is 4.39 Å². The second-order valence-corrected chi connectivity index (χ2v) is 5.86. The molecule has 2 rings (SSSR count). The Morgan fingerprint density at radius 2 is 1.89 bits per heavy atom. The first-order valence-electron chi connectivity index (χ1n) is 7.05. The largest absolute Gasteiger partial charge is 0.310 e. The van der Waals surface area contributed by atoms with Crippen molar-refractivity contribution in [2.75, 3.05) is 0 Å². The molecule has 0 aromatic heterocycles. The Morgan fingerprint density at radius 1 is 1.28 bits per heavy atom. The van der Waals surface area contributed by atoms with Gasteiger partial charge in [0.25, 0.3) is 0 Å². The van der Waals surface area contributed by atoms with Crippen molar-refractivity contribution in [3.8, 4) is 0 Å². The summed E-state index contributed by atoms with van der Waals surface area (Å²) in [5.74, 6) is 0.866. The molecule has 1 saturated carbocycles. The first-order chi connectivity index (χ1) is 8.56. The topological polar surface area (TPSA) is 12.0 Å². The lowest BCUT2D eigenvalue weighted by Crippen LogP contribution is -2.29. The van der Waals surface area contributed by atoms with E-state index in [1.165, 1.54) is 31.2 Å². The second kappa shape index (κ2) is 5.83. The summed E-state index contributed by atoms with van der Waals surface area (Å²) in [6, 6.07) is 4.46. The van der Waals surface area contributed by atoms with Gasteiger partial charge in [0, 0.05) is 12.6 Å². The Bertz CT molecular complexity index is 387. The van der Waals surface area contributed by atoms with Crippen molar-refractivity contribution in [1.29, 1.82) is 0 Å². The second-order valence-electron chi connectivity index (χ2n) is 5.86. The minimum absolute atomic E-state index is 0.0683. The predicted octanol–water partition coefficient (Wildman–Crippen LogP) is 4.11. The van der Waals surface area contributed by atoms with E-state index in [1.54, 1.807) is 0 Å². The summed E-state index contributed by atoms with van der Waals surface area (Å²) in [5.41, 5.74) is 2.68. The van der Waals surface area contributed by atoms with Crippen molar-refractivity contribution in [3.63, 3.8) is 0 Å². The fourth-order valence-corrected chi connectivity index (χ4v) is 2.74. The Hall–Kier alpha value is -0.890. The molecule has 18 heavy (non-hydrogen) atoms. The smallest absolute Gasteiger partial charge is 0.129 e. The van der Waals surface area contributed by atoms with Crippen LogP contribution in [0, 0.1) is 25.6 Å². The number of hydrogen-bond donors (Lipinski definition) is 1. The summed E-state index contributed by atoms with van der Waals surface area (Å²) >= 11 is 0. The molecular formula is C16H24FN. The average Bonchev–Trinajstić information content (AvgIpc) is 2.28. The molecule has 1 fully saturated rings. The van der Waals surface area contributed by atoms with Gasteiger partial charge in [-0.15, -0.1) is 0 Å². The summed E-state index contributed by atoms with van der Waals surface area (Å²) in [6.07, 6.45) is 5.49. The summed E-state index contributed by atoms with van der Waals surface area (Å²) in [4.78, 5) is 0. The molecule has 1 aliphatic rings. The number of hydrogen-bond acceptors (Lipinski definition) is 1. The maximum atomic E-state index is 13.5. The van der Waals surface area contributed by atoms with Gasteiger partial charge in [0.2, 0.25) is 0 Å². The molecule has 1 nitrogen and oxygen atoms in total. The van der Waals surface area contributed by atoms with E-state index in [9.17, 15) is 4.39 Å². The molecule has 2 heteroatoms. The number of nitrogens with one attached hydrogen (secondary N) is 1. The molecule has 0 bridgehead atoms. The molecule has 0 radical (unpaired) electrons. The van der Waals surface area contributed by atoms with E-state index in [0.717, 1.165) is 23.6 Å². The molecule has 1 atom stereocenters. The lowest BCUT2D eigenvalue weighted by molar-refractivity contribution is 0.265. The van der Waals surface area contributed by atoms with Crippen molar-refractivity contribution in [3.05, 3.63) is 34.6 Å². The molecule has 0 saturated heterocycles. The third kappa shape index (κ3) is 3.32. The van der Waals surface area contributed by atoms with Crippen LogP contribution in [0.5, 0.6) is 0 Å². The van der Waals surface area contributed by atoms with Crippen molar-refractivity contribution < 1.29 is 4.39 Å². The zero-order valence-corrected chi connectivity index (χ0v) is 11.7. The molecule has 0 aliphatic heterocycles. The lowest BCUT2D eigenvalue weighted by atomic mass is 9.81. The van der Waals surface area contributed by atoms with Crippen LogP contribution in [0.15, 0.2) is 12.1 Å². The van der Waals surface area contributed by atoms with Crippen LogP contribution in [0.1, 0.15) is 49.3 Å². The van der Waals surface area contributed by atoms with Crippen LogP contribution in [-0.2, 0) is 6.54 Å². The number of rotatable bonds is 5. The monoisotopic (exact) mass is 249 g/mol. The van der Waals surface area contributed by atoms with Crippen LogP contribution < -0.4 is 5.32 Å². The number of halogens is 1. The molecule has 1 aromatic carbocycles. The van der Waals surface area contributed by atoms with Crippen molar-refractivity contribution >= 4 is 0 Å². The fraction of sp³-hybridized carbons (Fsp3) is 0.625. The summed E-state index contributed by atoms with van der Waals surface area (Å²) in [7, 11) is 0. The molecule has 1 aliphatic carbocycles. The molecule has 1 N–H and O–H groups in total. The van der Waals surface area contributed by atoms with Gasteiger partial charge in [-0.25, -0.2) is 4.39 Å².